The molecule has 62 valence electrons. The Kier molecular flexibility index (Phi) is 6.98. The van der Waals surface area contributed by atoms with Crippen molar-refractivity contribution in [2.75, 3.05) is 13.2 Å². The summed E-state index contributed by atoms with van der Waals surface area (Å²) in [4.78, 5) is 4.97. The van der Waals surface area contributed by atoms with Gasteiger partial charge in [0.1, 0.15) is 0 Å². The van der Waals surface area contributed by atoms with Crippen LogP contribution < -0.4 is 5.48 Å². The van der Waals surface area contributed by atoms with Gasteiger partial charge in [-0.25, -0.2) is 5.48 Å². The molecule has 0 rings (SSSR count). The first-order valence-electron chi connectivity index (χ1n) is 4.12. The van der Waals surface area contributed by atoms with Gasteiger partial charge < -0.3 is 4.84 Å². The summed E-state index contributed by atoms with van der Waals surface area (Å²) in [5, 5.41) is 0. The Balaban J connectivity index is 2.77. The van der Waals surface area contributed by atoms with Gasteiger partial charge >= 0.3 is 0 Å². The molecule has 0 amide bonds. The molecule has 0 radical (unpaired) electrons. The smallest absolute Gasteiger partial charge is 0.0653 e. The van der Waals surface area contributed by atoms with Crippen LogP contribution in [-0.2, 0) is 4.84 Å². The minimum Gasteiger partial charge on any atom is -0.302 e. The molecule has 0 fully saturated rings. The summed E-state index contributed by atoms with van der Waals surface area (Å²) in [6.45, 7) is 8.19. The highest BCUT2D eigenvalue weighted by Crippen LogP contribution is 2.01. The Bertz CT molecular complexity index is 64.3. The lowest BCUT2D eigenvalue weighted by Gasteiger charge is -2.04. The molecule has 0 aliphatic heterocycles. The zero-order valence-electron chi connectivity index (χ0n) is 7.31. The van der Waals surface area contributed by atoms with Crippen molar-refractivity contribution in [1.29, 1.82) is 0 Å². The Morgan fingerprint density at radius 1 is 1.40 bits per heavy atom. The highest BCUT2D eigenvalue weighted by molar-refractivity contribution is 4.45. The molecule has 0 aromatic heterocycles. The molecule has 0 aliphatic carbocycles. The van der Waals surface area contributed by atoms with E-state index >= 15 is 0 Å². The molecule has 0 unspecified atom stereocenters. The molecule has 2 heteroatoms. The predicted octanol–water partition coefficient (Wildman–Crippen LogP) is 1.96. The van der Waals surface area contributed by atoms with Crippen LogP contribution >= 0.6 is 0 Å². The van der Waals surface area contributed by atoms with Crippen LogP contribution in [-0.4, -0.2) is 13.2 Å². The molecule has 1 N–H and O–H groups in total. The molecule has 0 spiro atoms. The van der Waals surface area contributed by atoms with Crippen LogP contribution in [0, 0.1) is 5.92 Å². The second kappa shape index (κ2) is 7.03. The Labute approximate surface area is 63.9 Å². The van der Waals surface area contributed by atoms with E-state index in [0.717, 1.165) is 19.1 Å². The van der Waals surface area contributed by atoms with Crippen molar-refractivity contribution in [3.05, 3.63) is 0 Å². The van der Waals surface area contributed by atoms with Crippen molar-refractivity contribution in [2.24, 2.45) is 5.92 Å². The van der Waals surface area contributed by atoms with Crippen molar-refractivity contribution in [3.63, 3.8) is 0 Å². The zero-order chi connectivity index (χ0) is 7.82. The minimum absolute atomic E-state index is 0.752. The summed E-state index contributed by atoms with van der Waals surface area (Å²) in [6.07, 6.45) is 2.48. The first kappa shape index (κ1) is 9.92. The van der Waals surface area contributed by atoms with E-state index in [9.17, 15) is 0 Å². The molecule has 10 heavy (non-hydrogen) atoms. The predicted molar refractivity (Wildman–Crippen MR) is 43.7 cm³/mol. The summed E-state index contributed by atoms with van der Waals surface area (Å²) >= 11 is 0. The fourth-order valence-corrected chi connectivity index (χ4v) is 0.757. The van der Waals surface area contributed by atoms with Gasteiger partial charge in [0, 0.05) is 6.54 Å². The average molecular weight is 145 g/mol. The zero-order valence-corrected chi connectivity index (χ0v) is 7.31. The lowest BCUT2D eigenvalue weighted by Crippen LogP contribution is -2.15. The molecular formula is C8H19NO. The van der Waals surface area contributed by atoms with Crippen molar-refractivity contribution < 1.29 is 4.84 Å². The second-order valence-electron chi connectivity index (χ2n) is 2.86. The van der Waals surface area contributed by atoms with Crippen LogP contribution in [0.15, 0.2) is 0 Å². The first-order chi connectivity index (χ1) is 4.77. The van der Waals surface area contributed by atoms with E-state index in [1.165, 1.54) is 12.8 Å². The van der Waals surface area contributed by atoms with Crippen LogP contribution in [0.5, 0.6) is 0 Å². The highest BCUT2D eigenvalue weighted by atomic mass is 16.6. The molecule has 0 atom stereocenters. The maximum Gasteiger partial charge on any atom is 0.0653 e. The van der Waals surface area contributed by atoms with Crippen LogP contribution in [0.4, 0.5) is 0 Å². The van der Waals surface area contributed by atoms with Crippen molar-refractivity contribution in [2.45, 2.75) is 33.6 Å². The van der Waals surface area contributed by atoms with E-state index in [4.69, 9.17) is 4.84 Å². The number of hydroxylamine groups is 1. The van der Waals surface area contributed by atoms with Gasteiger partial charge in [0.15, 0.2) is 0 Å². The number of hydrogen-bond donors (Lipinski definition) is 1. The fraction of sp³-hybridized carbons (Fsp3) is 1.00. The number of hydrogen-bond acceptors (Lipinski definition) is 2. The summed E-state index contributed by atoms with van der Waals surface area (Å²) < 4.78 is 0. The number of nitrogens with one attached hydrogen (secondary N) is 1. The van der Waals surface area contributed by atoms with Gasteiger partial charge in [0.25, 0.3) is 0 Å². The standard InChI is InChI=1S/C8H19NO/c1-4-10-9-7-5-6-8(2)3/h8-9H,4-7H2,1-3H3. The summed E-state index contributed by atoms with van der Waals surface area (Å²) in [5.74, 6) is 0.809. The van der Waals surface area contributed by atoms with E-state index in [2.05, 4.69) is 19.3 Å². The van der Waals surface area contributed by atoms with Gasteiger partial charge in [0.05, 0.1) is 6.61 Å². The maximum absolute atomic E-state index is 4.97. The Morgan fingerprint density at radius 3 is 2.60 bits per heavy atom. The van der Waals surface area contributed by atoms with Gasteiger partial charge in [0.2, 0.25) is 0 Å². The molecule has 0 aromatic rings. The molecule has 0 aliphatic rings. The Hall–Kier alpha value is -0.0800. The lowest BCUT2D eigenvalue weighted by atomic mass is 10.1. The van der Waals surface area contributed by atoms with Crippen molar-refractivity contribution in [1.82, 2.24) is 5.48 Å². The molecular weight excluding hydrogens is 126 g/mol. The van der Waals surface area contributed by atoms with Crippen LogP contribution in [0.2, 0.25) is 0 Å². The largest absolute Gasteiger partial charge is 0.302 e. The first-order valence-corrected chi connectivity index (χ1v) is 4.12. The molecule has 2 nitrogen and oxygen atoms in total. The number of rotatable bonds is 6. The van der Waals surface area contributed by atoms with Crippen LogP contribution in [0.3, 0.4) is 0 Å². The highest BCUT2D eigenvalue weighted by Gasteiger charge is 1.92. The third-order valence-electron chi connectivity index (χ3n) is 1.31. The monoisotopic (exact) mass is 145 g/mol. The van der Waals surface area contributed by atoms with Gasteiger partial charge in [-0.1, -0.05) is 13.8 Å². The second-order valence-corrected chi connectivity index (χ2v) is 2.86. The lowest BCUT2D eigenvalue weighted by molar-refractivity contribution is 0.0496. The summed E-state index contributed by atoms with van der Waals surface area (Å²) in [5.41, 5.74) is 2.89. The van der Waals surface area contributed by atoms with Gasteiger partial charge in [-0.15, -0.1) is 0 Å². The Morgan fingerprint density at radius 2 is 2.10 bits per heavy atom. The van der Waals surface area contributed by atoms with Gasteiger partial charge in [-0.2, -0.15) is 0 Å². The quantitative estimate of drug-likeness (QED) is 0.455. The molecule has 0 saturated carbocycles. The molecule has 0 aromatic carbocycles. The van der Waals surface area contributed by atoms with E-state index in [1.807, 2.05) is 6.92 Å². The topological polar surface area (TPSA) is 21.3 Å². The molecule has 0 bridgehead atoms. The van der Waals surface area contributed by atoms with Crippen molar-refractivity contribution >= 4 is 0 Å². The average Bonchev–Trinajstić information content (AvgIpc) is 1.87. The van der Waals surface area contributed by atoms with Crippen molar-refractivity contribution in [3.8, 4) is 0 Å². The van der Waals surface area contributed by atoms with E-state index in [0.29, 0.717) is 0 Å². The van der Waals surface area contributed by atoms with Gasteiger partial charge in [-0.3, -0.25) is 0 Å². The minimum atomic E-state index is 0.752. The maximum atomic E-state index is 4.97. The normalized spacial score (nSPS) is 10.8. The summed E-state index contributed by atoms with van der Waals surface area (Å²) in [6, 6.07) is 0. The van der Waals surface area contributed by atoms with Gasteiger partial charge in [-0.05, 0) is 25.7 Å². The van der Waals surface area contributed by atoms with Crippen LogP contribution in [0.1, 0.15) is 33.6 Å². The molecule has 0 saturated heterocycles. The third-order valence-corrected chi connectivity index (χ3v) is 1.31. The summed E-state index contributed by atoms with van der Waals surface area (Å²) in [7, 11) is 0. The van der Waals surface area contributed by atoms with Crippen LogP contribution in [0.25, 0.3) is 0 Å². The van der Waals surface area contributed by atoms with E-state index in [-0.39, 0.29) is 0 Å². The SMILES string of the molecule is CCONCCCC(C)C. The van der Waals surface area contributed by atoms with E-state index in [1.54, 1.807) is 0 Å². The molecule has 0 heterocycles. The third kappa shape index (κ3) is 7.92. The fourth-order valence-electron chi connectivity index (χ4n) is 0.757. The van der Waals surface area contributed by atoms with E-state index < -0.39 is 0 Å².